The van der Waals surface area contributed by atoms with Crippen molar-refractivity contribution in [2.75, 3.05) is 5.32 Å². The van der Waals surface area contributed by atoms with Crippen LogP contribution in [0.25, 0.3) is 11.3 Å². The van der Waals surface area contributed by atoms with Crippen molar-refractivity contribution in [3.8, 4) is 28.5 Å². The molecule has 4 rings (SSSR count). The number of aromatic hydroxyl groups is 1. The van der Waals surface area contributed by atoms with Gasteiger partial charge >= 0.3 is 6.18 Å². The number of anilines is 2. The van der Waals surface area contributed by atoms with Gasteiger partial charge in [-0.05, 0) is 60.5 Å². The fourth-order valence-electron chi connectivity index (χ4n) is 3.23. The Balaban J connectivity index is 1.68. The van der Waals surface area contributed by atoms with Crippen molar-refractivity contribution < 1.29 is 23.0 Å². The zero-order valence-electron chi connectivity index (χ0n) is 17.4. The summed E-state index contributed by atoms with van der Waals surface area (Å²) in [6, 6.07) is 18.1. The standard InChI is InChI=1S/C24H19ClF3N3O2/c1-2-14-3-10-18(11-4-14)33-22-21(30-31-23(22)24(26,27)28)19-12-9-17(13-20(19)32)29-16-7-5-15(25)6-8-16/h3-13,29,32H,2H2,1H3,(H,30,31). The minimum atomic E-state index is -4.73. The second-order valence-corrected chi connectivity index (χ2v) is 7.67. The molecule has 0 radical (unpaired) electrons. The van der Waals surface area contributed by atoms with E-state index in [-0.39, 0.29) is 22.8 Å². The molecule has 0 atom stereocenters. The van der Waals surface area contributed by atoms with Gasteiger partial charge < -0.3 is 15.2 Å². The molecule has 0 aliphatic rings. The quantitative estimate of drug-likeness (QED) is 0.270. The number of rotatable bonds is 6. The number of H-pyrrole nitrogens is 1. The van der Waals surface area contributed by atoms with E-state index in [1.807, 2.05) is 12.0 Å². The SMILES string of the molecule is CCc1ccc(Oc2c(-c3ccc(Nc4ccc(Cl)cc4)cc3O)n[nH]c2C(F)(F)F)cc1. The van der Waals surface area contributed by atoms with Crippen LogP contribution in [0.4, 0.5) is 24.5 Å². The van der Waals surface area contributed by atoms with Crippen molar-refractivity contribution in [3.63, 3.8) is 0 Å². The average molecular weight is 474 g/mol. The molecule has 0 bridgehead atoms. The van der Waals surface area contributed by atoms with Gasteiger partial charge in [0.25, 0.3) is 0 Å². The lowest BCUT2D eigenvalue weighted by Gasteiger charge is -2.12. The van der Waals surface area contributed by atoms with Gasteiger partial charge in [0.2, 0.25) is 0 Å². The molecule has 9 heteroatoms. The van der Waals surface area contributed by atoms with E-state index in [2.05, 4.69) is 10.4 Å². The molecule has 0 aliphatic carbocycles. The molecule has 170 valence electrons. The highest BCUT2D eigenvalue weighted by Gasteiger charge is 2.39. The topological polar surface area (TPSA) is 70.2 Å². The molecule has 0 saturated heterocycles. The summed E-state index contributed by atoms with van der Waals surface area (Å²) in [5.74, 6) is -0.554. The number of phenols is 1. The molecule has 0 fully saturated rings. The zero-order valence-corrected chi connectivity index (χ0v) is 18.1. The van der Waals surface area contributed by atoms with Gasteiger partial charge in [-0.15, -0.1) is 0 Å². The molecular weight excluding hydrogens is 455 g/mol. The summed E-state index contributed by atoms with van der Waals surface area (Å²) in [4.78, 5) is 0. The number of aromatic nitrogens is 2. The Labute approximate surface area is 192 Å². The van der Waals surface area contributed by atoms with E-state index in [0.717, 1.165) is 17.7 Å². The second-order valence-electron chi connectivity index (χ2n) is 7.24. The minimum absolute atomic E-state index is 0.0867. The number of hydrogen-bond donors (Lipinski definition) is 3. The van der Waals surface area contributed by atoms with Gasteiger partial charge in [-0.25, -0.2) is 0 Å². The van der Waals surface area contributed by atoms with E-state index in [9.17, 15) is 18.3 Å². The zero-order chi connectivity index (χ0) is 23.6. The second kappa shape index (κ2) is 9.07. The summed E-state index contributed by atoms with van der Waals surface area (Å²) in [5, 5.41) is 20.1. The Hall–Kier alpha value is -3.65. The van der Waals surface area contributed by atoms with Crippen molar-refractivity contribution in [2.45, 2.75) is 19.5 Å². The number of benzene rings is 3. The number of aromatic amines is 1. The molecule has 33 heavy (non-hydrogen) atoms. The van der Waals surface area contributed by atoms with Crippen LogP contribution in [0.5, 0.6) is 17.2 Å². The van der Waals surface area contributed by atoms with Crippen LogP contribution in [0.2, 0.25) is 5.02 Å². The Kier molecular flexibility index (Phi) is 6.20. The largest absolute Gasteiger partial charge is 0.507 e. The van der Waals surface area contributed by atoms with Gasteiger partial charge in [-0.1, -0.05) is 30.7 Å². The fourth-order valence-corrected chi connectivity index (χ4v) is 3.35. The van der Waals surface area contributed by atoms with E-state index >= 15 is 0 Å². The molecule has 0 amide bonds. The Morgan fingerprint density at radius 3 is 2.27 bits per heavy atom. The van der Waals surface area contributed by atoms with E-state index in [0.29, 0.717) is 10.7 Å². The predicted octanol–water partition coefficient (Wildman–Crippen LogP) is 7.55. The summed E-state index contributed by atoms with van der Waals surface area (Å²) in [5.41, 5.74) is 1.07. The molecule has 0 aliphatic heterocycles. The lowest BCUT2D eigenvalue weighted by Crippen LogP contribution is -2.07. The molecule has 5 nitrogen and oxygen atoms in total. The summed E-state index contributed by atoms with van der Waals surface area (Å²) in [7, 11) is 0. The molecule has 0 spiro atoms. The third-order valence-corrected chi connectivity index (χ3v) is 5.19. The van der Waals surface area contributed by atoms with Crippen LogP contribution in [0, 0.1) is 0 Å². The van der Waals surface area contributed by atoms with Crippen LogP contribution in [0.15, 0.2) is 66.7 Å². The normalized spacial score (nSPS) is 11.4. The molecule has 3 aromatic carbocycles. The third-order valence-electron chi connectivity index (χ3n) is 4.94. The van der Waals surface area contributed by atoms with E-state index < -0.39 is 17.6 Å². The van der Waals surface area contributed by atoms with Crippen molar-refractivity contribution >= 4 is 23.0 Å². The third kappa shape index (κ3) is 5.06. The fraction of sp³-hybridized carbons (Fsp3) is 0.125. The summed E-state index contributed by atoms with van der Waals surface area (Å²) in [6.07, 6.45) is -3.94. The van der Waals surface area contributed by atoms with Crippen LogP contribution in [-0.2, 0) is 12.6 Å². The maximum atomic E-state index is 13.6. The highest BCUT2D eigenvalue weighted by Crippen LogP contribution is 2.45. The monoisotopic (exact) mass is 473 g/mol. The average Bonchev–Trinajstić information content (AvgIpc) is 3.20. The lowest BCUT2D eigenvalue weighted by molar-refractivity contribution is -0.142. The Bertz CT molecular complexity index is 1250. The number of nitrogens with zero attached hydrogens (tertiary/aromatic N) is 1. The molecule has 4 aromatic rings. The molecule has 0 unspecified atom stereocenters. The van der Waals surface area contributed by atoms with Gasteiger partial charge in [0.05, 0.1) is 0 Å². The lowest BCUT2D eigenvalue weighted by atomic mass is 10.1. The van der Waals surface area contributed by atoms with Gasteiger partial charge in [0.1, 0.15) is 17.2 Å². The maximum Gasteiger partial charge on any atom is 0.436 e. The molecular formula is C24H19ClF3N3O2. The van der Waals surface area contributed by atoms with E-state index in [1.54, 1.807) is 54.6 Å². The van der Waals surface area contributed by atoms with Crippen molar-refractivity contribution in [1.29, 1.82) is 0 Å². The highest BCUT2D eigenvalue weighted by molar-refractivity contribution is 6.30. The number of halogens is 4. The molecule has 1 heterocycles. The molecule has 0 saturated carbocycles. The van der Waals surface area contributed by atoms with E-state index in [1.165, 1.54) is 12.1 Å². The van der Waals surface area contributed by atoms with Gasteiger partial charge in [-0.2, -0.15) is 18.3 Å². The first-order valence-corrected chi connectivity index (χ1v) is 10.4. The van der Waals surface area contributed by atoms with Crippen LogP contribution < -0.4 is 10.1 Å². The van der Waals surface area contributed by atoms with Gasteiger partial charge in [-0.3, -0.25) is 5.10 Å². The number of hydrogen-bond acceptors (Lipinski definition) is 4. The van der Waals surface area contributed by atoms with Crippen LogP contribution in [-0.4, -0.2) is 15.3 Å². The first kappa shape index (κ1) is 22.5. The number of ether oxygens (including phenoxy) is 1. The highest BCUT2D eigenvalue weighted by atomic mass is 35.5. The van der Waals surface area contributed by atoms with Crippen molar-refractivity contribution in [3.05, 3.63) is 83.0 Å². The first-order valence-electron chi connectivity index (χ1n) is 10.0. The summed E-state index contributed by atoms with van der Waals surface area (Å²) in [6.45, 7) is 1.97. The first-order chi connectivity index (χ1) is 15.7. The van der Waals surface area contributed by atoms with Crippen molar-refractivity contribution in [1.82, 2.24) is 10.2 Å². The molecule has 1 aromatic heterocycles. The number of alkyl halides is 3. The van der Waals surface area contributed by atoms with Gasteiger partial charge in [0, 0.05) is 28.0 Å². The van der Waals surface area contributed by atoms with Crippen LogP contribution in [0.3, 0.4) is 0 Å². The van der Waals surface area contributed by atoms with Gasteiger partial charge in [0.15, 0.2) is 11.4 Å². The predicted molar refractivity (Wildman–Crippen MR) is 121 cm³/mol. The van der Waals surface area contributed by atoms with Crippen molar-refractivity contribution in [2.24, 2.45) is 0 Å². The van der Waals surface area contributed by atoms with E-state index in [4.69, 9.17) is 16.3 Å². The number of phenolic OH excluding ortho intramolecular Hbond substituents is 1. The number of aryl methyl sites for hydroxylation is 1. The van der Waals surface area contributed by atoms with Crippen LogP contribution in [0.1, 0.15) is 18.2 Å². The Morgan fingerprint density at radius 2 is 1.67 bits per heavy atom. The van der Waals surface area contributed by atoms with Crippen LogP contribution >= 0.6 is 11.6 Å². The summed E-state index contributed by atoms with van der Waals surface area (Å²) < 4.78 is 46.4. The smallest absolute Gasteiger partial charge is 0.436 e. The summed E-state index contributed by atoms with van der Waals surface area (Å²) >= 11 is 5.88. The Morgan fingerprint density at radius 1 is 1.00 bits per heavy atom. The maximum absolute atomic E-state index is 13.6. The molecule has 3 N–H and O–H groups in total. The minimum Gasteiger partial charge on any atom is -0.507 e. The number of nitrogens with one attached hydrogen (secondary N) is 2.